The maximum Gasteiger partial charge on any atom is 0.338 e. The molecule has 1 atom stereocenters. The van der Waals surface area contributed by atoms with Crippen LogP contribution in [0.2, 0.25) is 10.0 Å². The lowest BCUT2D eigenvalue weighted by atomic mass is 10.2. The smallest absolute Gasteiger partial charge is 0.338 e. The van der Waals surface area contributed by atoms with Crippen molar-refractivity contribution in [3.63, 3.8) is 0 Å². The first-order valence-electron chi connectivity index (χ1n) is 11.5. The van der Waals surface area contributed by atoms with Crippen LogP contribution in [-0.2, 0) is 20.9 Å². The van der Waals surface area contributed by atoms with Gasteiger partial charge in [-0.15, -0.1) is 0 Å². The highest BCUT2D eigenvalue weighted by atomic mass is 35.5. The summed E-state index contributed by atoms with van der Waals surface area (Å²) in [5.74, 6) is -0.992. The first-order chi connectivity index (χ1) is 17.8. The fourth-order valence-corrected chi connectivity index (χ4v) is 4.87. The van der Waals surface area contributed by atoms with E-state index in [1.165, 1.54) is 11.8 Å². The highest BCUT2D eigenvalue weighted by Crippen LogP contribution is 2.31. The van der Waals surface area contributed by atoms with E-state index in [1.807, 2.05) is 12.1 Å². The molecule has 0 saturated carbocycles. The Kier molecular flexibility index (Phi) is 8.87. The van der Waals surface area contributed by atoms with Crippen molar-refractivity contribution in [2.24, 2.45) is 4.99 Å². The summed E-state index contributed by atoms with van der Waals surface area (Å²) in [5.41, 5.74) is 2.38. The predicted molar refractivity (Wildman–Crippen MR) is 148 cm³/mol. The zero-order chi connectivity index (χ0) is 26.4. The summed E-state index contributed by atoms with van der Waals surface area (Å²) >= 11 is 13.2. The molecule has 2 amide bonds. The van der Waals surface area contributed by atoms with E-state index < -0.39 is 11.2 Å². The predicted octanol–water partition coefficient (Wildman–Crippen LogP) is 6.33. The van der Waals surface area contributed by atoms with Crippen molar-refractivity contribution in [1.29, 1.82) is 0 Å². The molecule has 10 heteroatoms. The lowest BCUT2D eigenvalue weighted by Crippen LogP contribution is -2.44. The van der Waals surface area contributed by atoms with Gasteiger partial charge in [0.05, 0.1) is 24.4 Å². The summed E-state index contributed by atoms with van der Waals surface area (Å²) in [6, 6.07) is 20.5. The molecule has 0 radical (unpaired) electrons. The van der Waals surface area contributed by atoms with E-state index in [1.54, 1.807) is 72.5 Å². The quantitative estimate of drug-likeness (QED) is 0.344. The molecule has 0 spiro atoms. The molecule has 1 heterocycles. The van der Waals surface area contributed by atoms with Crippen LogP contribution < -0.4 is 5.32 Å². The summed E-state index contributed by atoms with van der Waals surface area (Å²) in [6.45, 7) is 2.30. The van der Waals surface area contributed by atoms with Crippen LogP contribution in [0, 0.1) is 0 Å². The minimum absolute atomic E-state index is 0.00460. The summed E-state index contributed by atoms with van der Waals surface area (Å²) in [5, 5.41) is 3.71. The van der Waals surface area contributed by atoms with Crippen LogP contribution in [0.1, 0.15) is 29.3 Å². The number of esters is 1. The third-order valence-electron chi connectivity index (χ3n) is 5.40. The molecule has 4 rings (SSSR count). The zero-order valence-electron chi connectivity index (χ0n) is 19.8. The number of ether oxygens (including phenoxy) is 1. The first-order valence-corrected chi connectivity index (χ1v) is 13.1. The monoisotopic (exact) mass is 555 g/mol. The van der Waals surface area contributed by atoms with Crippen molar-refractivity contribution in [1.82, 2.24) is 4.90 Å². The molecule has 1 saturated heterocycles. The summed E-state index contributed by atoms with van der Waals surface area (Å²) in [6.07, 6.45) is 0.00460. The van der Waals surface area contributed by atoms with Crippen LogP contribution in [0.4, 0.5) is 11.4 Å². The van der Waals surface area contributed by atoms with Gasteiger partial charge in [0.2, 0.25) is 11.8 Å². The number of carbonyl (C=O) groups is 3. The minimum Gasteiger partial charge on any atom is -0.462 e. The summed E-state index contributed by atoms with van der Waals surface area (Å²) in [7, 11) is 0. The number of aliphatic imine (C=N–C) groups is 1. The van der Waals surface area contributed by atoms with Crippen LogP contribution in [0.3, 0.4) is 0 Å². The van der Waals surface area contributed by atoms with E-state index in [2.05, 4.69) is 10.3 Å². The number of amidine groups is 1. The second-order valence-corrected chi connectivity index (χ2v) is 10.1. The fraction of sp³-hybridized carbons (Fsp3) is 0.185. The molecule has 37 heavy (non-hydrogen) atoms. The lowest BCUT2D eigenvalue weighted by Gasteiger charge is -2.32. The molecule has 3 aromatic rings. The second kappa shape index (κ2) is 12.3. The van der Waals surface area contributed by atoms with Gasteiger partial charge in [0.25, 0.3) is 0 Å². The second-order valence-electron chi connectivity index (χ2n) is 8.07. The average Bonchev–Trinajstić information content (AvgIpc) is 2.89. The van der Waals surface area contributed by atoms with Gasteiger partial charge in [-0.05, 0) is 73.2 Å². The van der Waals surface area contributed by atoms with E-state index in [9.17, 15) is 14.4 Å². The number of rotatable bonds is 7. The van der Waals surface area contributed by atoms with E-state index in [0.717, 1.165) is 5.56 Å². The molecule has 0 unspecified atom stereocenters. The molecule has 0 aliphatic carbocycles. The standard InChI is InChI=1S/C27H23Cl2N3O4S/c1-2-36-26(35)18-5-11-21(12-6-18)30-25(34)23-15-24(33)32(16-17-3-7-19(28)8-4-17)27(37-23)31-22-13-9-20(29)10-14-22/h3-14,23H,2,15-16H2,1H3,(H,30,34)/t23-/m0/s1. The number of anilines is 1. The van der Waals surface area contributed by atoms with Crippen molar-refractivity contribution >= 4 is 69.3 Å². The highest BCUT2D eigenvalue weighted by molar-refractivity contribution is 8.15. The van der Waals surface area contributed by atoms with Gasteiger partial charge in [0.1, 0.15) is 5.25 Å². The zero-order valence-corrected chi connectivity index (χ0v) is 22.1. The van der Waals surface area contributed by atoms with Crippen LogP contribution in [0.5, 0.6) is 0 Å². The van der Waals surface area contributed by atoms with Gasteiger partial charge >= 0.3 is 5.97 Å². The Morgan fingerprint density at radius 3 is 2.24 bits per heavy atom. The van der Waals surface area contributed by atoms with E-state index in [-0.39, 0.29) is 24.8 Å². The number of hydrogen-bond acceptors (Lipinski definition) is 6. The van der Waals surface area contributed by atoms with Crippen molar-refractivity contribution in [3.8, 4) is 0 Å². The molecular formula is C27H23Cl2N3O4S. The number of nitrogens with one attached hydrogen (secondary N) is 1. The Labute approximate surface area is 228 Å². The Hall–Kier alpha value is -3.33. The van der Waals surface area contributed by atoms with Crippen molar-refractivity contribution in [2.75, 3.05) is 11.9 Å². The Balaban J connectivity index is 1.53. The van der Waals surface area contributed by atoms with Crippen LogP contribution >= 0.6 is 35.0 Å². The fourth-order valence-electron chi connectivity index (χ4n) is 3.52. The molecule has 0 aromatic heterocycles. The lowest BCUT2D eigenvalue weighted by molar-refractivity contribution is -0.129. The number of thioether (sulfide) groups is 1. The van der Waals surface area contributed by atoms with E-state index >= 15 is 0 Å². The number of halogens is 2. The number of benzene rings is 3. The first kappa shape index (κ1) is 26.7. The normalized spacial score (nSPS) is 16.5. The largest absolute Gasteiger partial charge is 0.462 e. The summed E-state index contributed by atoms with van der Waals surface area (Å²) < 4.78 is 4.98. The number of carbonyl (C=O) groups excluding carboxylic acids is 3. The highest BCUT2D eigenvalue weighted by Gasteiger charge is 2.36. The average molecular weight is 556 g/mol. The summed E-state index contributed by atoms with van der Waals surface area (Å²) in [4.78, 5) is 44.4. The molecular weight excluding hydrogens is 533 g/mol. The van der Waals surface area contributed by atoms with Crippen molar-refractivity contribution < 1.29 is 19.1 Å². The maximum atomic E-state index is 13.2. The van der Waals surface area contributed by atoms with Gasteiger partial charge in [-0.1, -0.05) is 47.1 Å². The molecule has 1 fully saturated rings. The van der Waals surface area contributed by atoms with E-state index in [0.29, 0.717) is 38.7 Å². The van der Waals surface area contributed by atoms with Crippen molar-refractivity contribution in [3.05, 3.63) is 94.0 Å². The number of hydrogen-bond donors (Lipinski definition) is 1. The molecule has 1 aliphatic heterocycles. The topological polar surface area (TPSA) is 88.1 Å². The van der Waals surface area contributed by atoms with Crippen LogP contribution in [0.15, 0.2) is 77.8 Å². The Bertz CT molecular complexity index is 1310. The van der Waals surface area contributed by atoms with Gasteiger partial charge in [-0.3, -0.25) is 14.5 Å². The Morgan fingerprint density at radius 1 is 1.00 bits per heavy atom. The van der Waals surface area contributed by atoms with Crippen LogP contribution in [0.25, 0.3) is 0 Å². The molecule has 0 bridgehead atoms. The molecule has 1 aliphatic rings. The van der Waals surface area contributed by atoms with Gasteiger partial charge in [-0.25, -0.2) is 9.79 Å². The third-order valence-corrected chi connectivity index (χ3v) is 7.09. The minimum atomic E-state index is -0.690. The van der Waals surface area contributed by atoms with Gasteiger partial charge in [0.15, 0.2) is 5.17 Å². The van der Waals surface area contributed by atoms with E-state index in [4.69, 9.17) is 27.9 Å². The Morgan fingerprint density at radius 2 is 1.62 bits per heavy atom. The van der Waals surface area contributed by atoms with Crippen LogP contribution in [-0.4, -0.2) is 39.7 Å². The molecule has 7 nitrogen and oxygen atoms in total. The third kappa shape index (κ3) is 7.13. The van der Waals surface area contributed by atoms with Gasteiger partial charge in [0, 0.05) is 22.2 Å². The number of nitrogens with zero attached hydrogens (tertiary/aromatic N) is 2. The van der Waals surface area contributed by atoms with Gasteiger partial charge < -0.3 is 10.1 Å². The van der Waals surface area contributed by atoms with Gasteiger partial charge in [-0.2, -0.15) is 0 Å². The van der Waals surface area contributed by atoms with Crippen molar-refractivity contribution in [2.45, 2.75) is 25.1 Å². The maximum absolute atomic E-state index is 13.2. The molecule has 1 N–H and O–H groups in total. The number of amides is 2. The SMILES string of the molecule is CCOC(=O)c1ccc(NC(=O)[C@@H]2CC(=O)N(Cc3ccc(Cl)cc3)C(=Nc3ccc(Cl)cc3)S2)cc1. The molecule has 3 aromatic carbocycles. The molecule has 190 valence electrons.